The molecular formula is C13H15FN2OS. The summed E-state index contributed by atoms with van der Waals surface area (Å²) in [7, 11) is 0. The maximum atomic E-state index is 12.8. The average molecular weight is 266 g/mol. The van der Waals surface area contributed by atoms with Crippen LogP contribution in [0, 0.1) is 5.82 Å². The van der Waals surface area contributed by atoms with Crippen LogP contribution in [0.5, 0.6) is 0 Å². The van der Waals surface area contributed by atoms with Gasteiger partial charge in [0.05, 0.1) is 12.5 Å². The zero-order valence-corrected chi connectivity index (χ0v) is 10.6. The highest BCUT2D eigenvalue weighted by atomic mass is 32.2. The van der Waals surface area contributed by atoms with E-state index in [2.05, 4.69) is 5.43 Å². The van der Waals surface area contributed by atoms with Crippen LogP contribution in [0.25, 0.3) is 0 Å². The maximum Gasteiger partial charge on any atom is 0.123 e. The SMILES string of the molecule is NNC(CSc1ccc(F)cc1)Cc1ccoc1. The largest absolute Gasteiger partial charge is 0.472 e. The molecule has 1 aromatic carbocycles. The lowest BCUT2D eigenvalue weighted by molar-refractivity contribution is 0.548. The molecule has 2 aromatic rings. The molecule has 3 nitrogen and oxygen atoms in total. The third-order valence-electron chi connectivity index (χ3n) is 2.56. The van der Waals surface area contributed by atoms with Gasteiger partial charge >= 0.3 is 0 Å². The van der Waals surface area contributed by atoms with Gasteiger partial charge in [0, 0.05) is 16.7 Å². The summed E-state index contributed by atoms with van der Waals surface area (Å²) in [5.74, 6) is 6.12. The van der Waals surface area contributed by atoms with Gasteiger partial charge in [-0.2, -0.15) is 0 Å². The van der Waals surface area contributed by atoms with E-state index in [0.29, 0.717) is 0 Å². The van der Waals surface area contributed by atoms with Crippen LogP contribution in [0.2, 0.25) is 0 Å². The Hall–Kier alpha value is -1.30. The van der Waals surface area contributed by atoms with Gasteiger partial charge in [-0.15, -0.1) is 11.8 Å². The standard InChI is InChI=1S/C13H15FN2OS/c14-11-1-3-13(4-2-11)18-9-12(16-15)7-10-5-6-17-8-10/h1-6,8,12,16H,7,9,15H2. The number of thioether (sulfide) groups is 1. The first kappa shape index (κ1) is 13.1. The van der Waals surface area contributed by atoms with Gasteiger partial charge < -0.3 is 4.42 Å². The lowest BCUT2D eigenvalue weighted by atomic mass is 10.1. The minimum Gasteiger partial charge on any atom is -0.472 e. The molecule has 1 unspecified atom stereocenters. The molecule has 1 aromatic heterocycles. The highest BCUT2D eigenvalue weighted by Crippen LogP contribution is 2.20. The summed E-state index contributed by atoms with van der Waals surface area (Å²) in [6.45, 7) is 0. The topological polar surface area (TPSA) is 51.2 Å². The molecule has 0 amide bonds. The first-order valence-electron chi connectivity index (χ1n) is 5.63. The second kappa shape index (κ2) is 6.58. The van der Waals surface area contributed by atoms with E-state index >= 15 is 0 Å². The summed E-state index contributed by atoms with van der Waals surface area (Å²) in [5.41, 5.74) is 3.89. The lowest BCUT2D eigenvalue weighted by Gasteiger charge is -2.14. The molecule has 2 rings (SSSR count). The van der Waals surface area contributed by atoms with E-state index in [0.717, 1.165) is 22.6 Å². The molecule has 96 valence electrons. The van der Waals surface area contributed by atoms with Gasteiger partial charge in [0.25, 0.3) is 0 Å². The van der Waals surface area contributed by atoms with E-state index in [1.54, 1.807) is 36.4 Å². The predicted octanol–water partition coefficient (Wildman–Crippen LogP) is 2.59. The number of hydrogen-bond donors (Lipinski definition) is 2. The fourth-order valence-corrected chi connectivity index (χ4v) is 2.52. The van der Waals surface area contributed by atoms with Crippen LogP contribution >= 0.6 is 11.8 Å². The Morgan fingerprint density at radius 3 is 2.67 bits per heavy atom. The number of benzene rings is 1. The normalized spacial score (nSPS) is 12.6. The Balaban J connectivity index is 1.85. The van der Waals surface area contributed by atoms with Crippen molar-refractivity contribution < 1.29 is 8.81 Å². The molecule has 0 saturated heterocycles. The predicted molar refractivity (Wildman–Crippen MR) is 70.6 cm³/mol. The fourth-order valence-electron chi connectivity index (χ4n) is 1.59. The Bertz CT molecular complexity index is 458. The van der Waals surface area contributed by atoms with Crippen molar-refractivity contribution in [3.05, 3.63) is 54.2 Å². The minimum absolute atomic E-state index is 0.151. The van der Waals surface area contributed by atoms with Crippen molar-refractivity contribution in [2.75, 3.05) is 5.75 Å². The summed E-state index contributed by atoms with van der Waals surface area (Å²) in [4.78, 5) is 1.03. The number of hydrogen-bond acceptors (Lipinski definition) is 4. The van der Waals surface area contributed by atoms with E-state index in [1.165, 1.54) is 12.1 Å². The quantitative estimate of drug-likeness (QED) is 0.479. The second-order valence-corrected chi connectivity index (χ2v) is 5.06. The smallest absolute Gasteiger partial charge is 0.123 e. The molecule has 0 aliphatic heterocycles. The van der Waals surface area contributed by atoms with Gasteiger partial charge in [-0.3, -0.25) is 11.3 Å². The van der Waals surface area contributed by atoms with Crippen molar-refractivity contribution >= 4 is 11.8 Å². The molecule has 0 spiro atoms. The minimum atomic E-state index is -0.216. The number of hydrazine groups is 1. The zero-order valence-electron chi connectivity index (χ0n) is 9.80. The Morgan fingerprint density at radius 2 is 2.06 bits per heavy atom. The van der Waals surface area contributed by atoms with Gasteiger partial charge in [-0.1, -0.05) is 0 Å². The molecule has 0 fully saturated rings. The van der Waals surface area contributed by atoms with Crippen molar-refractivity contribution in [2.24, 2.45) is 5.84 Å². The van der Waals surface area contributed by atoms with Crippen molar-refractivity contribution in [3.63, 3.8) is 0 Å². The van der Waals surface area contributed by atoms with Crippen LogP contribution in [0.15, 0.2) is 52.2 Å². The molecule has 0 aliphatic carbocycles. The molecule has 1 heterocycles. The maximum absolute atomic E-state index is 12.8. The summed E-state index contributed by atoms with van der Waals surface area (Å²) in [6.07, 6.45) is 4.17. The van der Waals surface area contributed by atoms with Crippen molar-refractivity contribution in [1.29, 1.82) is 0 Å². The number of furan rings is 1. The Morgan fingerprint density at radius 1 is 1.28 bits per heavy atom. The van der Waals surface area contributed by atoms with Crippen LogP contribution in [0.1, 0.15) is 5.56 Å². The van der Waals surface area contributed by atoms with Gasteiger partial charge in [0.15, 0.2) is 0 Å². The van der Waals surface area contributed by atoms with Crippen LogP contribution < -0.4 is 11.3 Å². The van der Waals surface area contributed by atoms with Crippen molar-refractivity contribution in [2.45, 2.75) is 17.4 Å². The molecule has 5 heteroatoms. The van der Waals surface area contributed by atoms with E-state index < -0.39 is 0 Å². The van der Waals surface area contributed by atoms with Crippen LogP contribution in [0.4, 0.5) is 4.39 Å². The molecule has 0 radical (unpaired) electrons. The molecule has 18 heavy (non-hydrogen) atoms. The molecule has 0 aliphatic rings. The summed E-state index contributed by atoms with van der Waals surface area (Å²) in [5, 5.41) is 0. The first-order valence-corrected chi connectivity index (χ1v) is 6.62. The third kappa shape index (κ3) is 3.87. The number of nitrogens with one attached hydrogen (secondary N) is 1. The zero-order chi connectivity index (χ0) is 12.8. The van der Waals surface area contributed by atoms with E-state index in [1.807, 2.05) is 6.07 Å². The fraction of sp³-hybridized carbons (Fsp3) is 0.231. The van der Waals surface area contributed by atoms with Crippen molar-refractivity contribution in [1.82, 2.24) is 5.43 Å². The Labute approximate surface area is 110 Å². The van der Waals surface area contributed by atoms with E-state index in [9.17, 15) is 4.39 Å². The molecule has 1 atom stereocenters. The van der Waals surface area contributed by atoms with Crippen LogP contribution in [-0.4, -0.2) is 11.8 Å². The van der Waals surface area contributed by atoms with E-state index in [-0.39, 0.29) is 11.9 Å². The number of halogens is 1. The van der Waals surface area contributed by atoms with E-state index in [4.69, 9.17) is 10.3 Å². The highest BCUT2D eigenvalue weighted by molar-refractivity contribution is 7.99. The second-order valence-electron chi connectivity index (χ2n) is 3.96. The van der Waals surface area contributed by atoms with Crippen molar-refractivity contribution in [3.8, 4) is 0 Å². The number of rotatable bonds is 6. The third-order valence-corrected chi connectivity index (χ3v) is 3.74. The first-order chi connectivity index (χ1) is 8.78. The summed E-state index contributed by atoms with van der Waals surface area (Å²) < 4.78 is 17.8. The summed E-state index contributed by atoms with van der Waals surface area (Å²) in [6, 6.07) is 8.54. The lowest BCUT2D eigenvalue weighted by Crippen LogP contribution is -2.38. The monoisotopic (exact) mass is 266 g/mol. The molecule has 0 bridgehead atoms. The average Bonchev–Trinajstić information content (AvgIpc) is 2.89. The highest BCUT2D eigenvalue weighted by Gasteiger charge is 2.09. The van der Waals surface area contributed by atoms with Gasteiger partial charge in [-0.05, 0) is 42.3 Å². The van der Waals surface area contributed by atoms with Gasteiger partial charge in [-0.25, -0.2) is 4.39 Å². The molecule has 0 saturated carbocycles. The van der Waals surface area contributed by atoms with Crippen LogP contribution in [0.3, 0.4) is 0 Å². The van der Waals surface area contributed by atoms with Gasteiger partial charge in [0.2, 0.25) is 0 Å². The van der Waals surface area contributed by atoms with Crippen LogP contribution in [-0.2, 0) is 6.42 Å². The molecule has 3 N–H and O–H groups in total. The molecular weight excluding hydrogens is 251 g/mol. The summed E-state index contributed by atoms with van der Waals surface area (Å²) >= 11 is 1.64. The number of nitrogens with two attached hydrogens (primary N) is 1. The Kier molecular flexibility index (Phi) is 4.81. The van der Waals surface area contributed by atoms with Gasteiger partial charge in [0.1, 0.15) is 5.82 Å².